The molecule has 94 valence electrons. The Labute approximate surface area is 105 Å². The molecule has 4 nitrogen and oxygen atoms in total. The van der Waals surface area contributed by atoms with E-state index in [4.69, 9.17) is 0 Å². The molecule has 0 bridgehead atoms. The van der Waals surface area contributed by atoms with Gasteiger partial charge in [-0.15, -0.1) is 0 Å². The van der Waals surface area contributed by atoms with Gasteiger partial charge in [0.1, 0.15) is 0 Å². The number of methoxy groups -OCH3 is 1. The Morgan fingerprint density at radius 2 is 1.89 bits per heavy atom. The third-order valence-corrected chi connectivity index (χ3v) is 2.91. The summed E-state index contributed by atoms with van der Waals surface area (Å²) < 4.78 is 6.47. The highest BCUT2D eigenvalue weighted by Gasteiger charge is 2.22. The maximum absolute atomic E-state index is 11.9. The molecule has 0 unspecified atom stereocenters. The third kappa shape index (κ3) is 1.90. The molecule has 0 radical (unpaired) electrons. The van der Waals surface area contributed by atoms with Crippen LogP contribution in [0.5, 0.6) is 0 Å². The van der Waals surface area contributed by atoms with Crippen molar-refractivity contribution in [3.8, 4) is 0 Å². The molecular formula is C14H15NO3. The molecule has 0 saturated carbocycles. The number of esters is 1. The van der Waals surface area contributed by atoms with Gasteiger partial charge in [0.25, 0.3) is 5.78 Å². The molecule has 1 aromatic carbocycles. The zero-order valence-corrected chi connectivity index (χ0v) is 10.6. The normalized spacial score (nSPS) is 10.9. The highest BCUT2D eigenvalue weighted by Crippen LogP contribution is 2.25. The molecule has 0 atom stereocenters. The van der Waals surface area contributed by atoms with Crippen LogP contribution < -0.4 is 0 Å². The number of fused-ring (bicyclic) bond motifs is 1. The van der Waals surface area contributed by atoms with Crippen molar-refractivity contribution in [3.05, 3.63) is 36.0 Å². The molecule has 2 rings (SSSR count). The highest BCUT2D eigenvalue weighted by atomic mass is 16.5. The second-order valence-corrected chi connectivity index (χ2v) is 4.38. The van der Waals surface area contributed by atoms with Gasteiger partial charge >= 0.3 is 5.97 Å². The number of ether oxygens (including phenoxy) is 1. The van der Waals surface area contributed by atoms with Gasteiger partial charge in [0.15, 0.2) is 0 Å². The van der Waals surface area contributed by atoms with E-state index in [-0.39, 0.29) is 6.04 Å². The molecule has 0 fully saturated rings. The van der Waals surface area contributed by atoms with Gasteiger partial charge < -0.3 is 9.30 Å². The van der Waals surface area contributed by atoms with E-state index in [0.29, 0.717) is 5.56 Å². The van der Waals surface area contributed by atoms with E-state index in [1.54, 1.807) is 6.20 Å². The van der Waals surface area contributed by atoms with Crippen LogP contribution in [0, 0.1) is 0 Å². The van der Waals surface area contributed by atoms with Crippen molar-refractivity contribution in [1.82, 2.24) is 4.57 Å². The van der Waals surface area contributed by atoms with E-state index in [1.807, 2.05) is 42.7 Å². The second kappa shape index (κ2) is 4.64. The molecular weight excluding hydrogens is 230 g/mol. The van der Waals surface area contributed by atoms with Crippen LogP contribution in [0.3, 0.4) is 0 Å². The first-order valence-electron chi connectivity index (χ1n) is 5.78. The summed E-state index contributed by atoms with van der Waals surface area (Å²) in [4.78, 5) is 23.3. The predicted molar refractivity (Wildman–Crippen MR) is 68.7 cm³/mol. The summed E-state index contributed by atoms with van der Waals surface area (Å²) >= 11 is 0. The fourth-order valence-corrected chi connectivity index (χ4v) is 2.02. The minimum absolute atomic E-state index is 0.217. The number of para-hydroxylation sites is 1. The van der Waals surface area contributed by atoms with Gasteiger partial charge in [-0.25, -0.2) is 4.79 Å². The van der Waals surface area contributed by atoms with Crippen molar-refractivity contribution in [1.29, 1.82) is 0 Å². The predicted octanol–water partition coefficient (Wildman–Crippen LogP) is 2.58. The van der Waals surface area contributed by atoms with E-state index in [2.05, 4.69) is 4.74 Å². The molecule has 0 saturated heterocycles. The highest BCUT2D eigenvalue weighted by molar-refractivity contribution is 6.42. The molecule has 0 amide bonds. The van der Waals surface area contributed by atoms with Gasteiger partial charge in [-0.1, -0.05) is 18.2 Å². The molecule has 0 aliphatic rings. The molecule has 2 aromatic rings. The number of rotatable bonds is 3. The first-order valence-corrected chi connectivity index (χ1v) is 5.78. The van der Waals surface area contributed by atoms with Crippen molar-refractivity contribution >= 4 is 22.7 Å². The second-order valence-electron chi connectivity index (χ2n) is 4.38. The van der Waals surface area contributed by atoms with Crippen molar-refractivity contribution in [2.24, 2.45) is 0 Å². The summed E-state index contributed by atoms with van der Waals surface area (Å²) in [5.74, 6) is -1.44. The lowest BCUT2D eigenvalue weighted by atomic mass is 10.1. The number of nitrogens with zero attached hydrogens (tertiary/aromatic N) is 1. The maximum atomic E-state index is 11.9. The van der Waals surface area contributed by atoms with Crippen molar-refractivity contribution < 1.29 is 14.3 Å². The quantitative estimate of drug-likeness (QED) is 0.474. The first kappa shape index (κ1) is 12.4. The van der Waals surface area contributed by atoms with Gasteiger partial charge in [-0.2, -0.15) is 0 Å². The van der Waals surface area contributed by atoms with Crippen LogP contribution in [0.25, 0.3) is 10.9 Å². The smallest absolute Gasteiger partial charge is 0.379 e. The molecule has 18 heavy (non-hydrogen) atoms. The van der Waals surface area contributed by atoms with E-state index in [0.717, 1.165) is 10.9 Å². The van der Waals surface area contributed by atoms with Crippen LogP contribution >= 0.6 is 0 Å². The maximum Gasteiger partial charge on any atom is 0.379 e. The number of aromatic nitrogens is 1. The zero-order chi connectivity index (χ0) is 13.3. The lowest BCUT2D eigenvalue weighted by Gasteiger charge is -2.08. The lowest BCUT2D eigenvalue weighted by Crippen LogP contribution is -2.15. The lowest BCUT2D eigenvalue weighted by molar-refractivity contribution is -0.135. The average molecular weight is 245 g/mol. The molecule has 0 aliphatic carbocycles. The summed E-state index contributed by atoms with van der Waals surface area (Å²) in [5, 5.41) is 0.779. The zero-order valence-electron chi connectivity index (χ0n) is 10.6. The number of ketones is 1. The number of hydrogen-bond acceptors (Lipinski definition) is 3. The average Bonchev–Trinajstić information content (AvgIpc) is 2.76. The number of carbonyl (C=O) groups excluding carboxylic acids is 2. The fourth-order valence-electron chi connectivity index (χ4n) is 2.02. The number of carbonyl (C=O) groups is 2. The Kier molecular flexibility index (Phi) is 3.19. The molecule has 1 heterocycles. The molecule has 0 N–H and O–H groups in total. The van der Waals surface area contributed by atoms with Crippen LogP contribution in [0.2, 0.25) is 0 Å². The summed E-state index contributed by atoms with van der Waals surface area (Å²) in [6.07, 6.45) is 1.72. The van der Waals surface area contributed by atoms with Crippen LogP contribution in [-0.2, 0) is 9.53 Å². The van der Waals surface area contributed by atoms with Gasteiger partial charge in [0, 0.05) is 23.1 Å². The molecule has 4 heteroatoms. The van der Waals surface area contributed by atoms with Crippen LogP contribution in [-0.4, -0.2) is 23.4 Å². The van der Waals surface area contributed by atoms with E-state index < -0.39 is 11.8 Å². The van der Waals surface area contributed by atoms with E-state index >= 15 is 0 Å². The summed E-state index contributed by atoms with van der Waals surface area (Å²) in [6, 6.07) is 7.75. The monoisotopic (exact) mass is 245 g/mol. The minimum atomic E-state index is -0.832. The van der Waals surface area contributed by atoms with E-state index in [1.165, 1.54) is 7.11 Å². The largest absolute Gasteiger partial charge is 0.463 e. The summed E-state index contributed by atoms with van der Waals surface area (Å²) in [6.45, 7) is 4.05. The Hall–Kier alpha value is -2.10. The van der Waals surface area contributed by atoms with Crippen molar-refractivity contribution in [2.45, 2.75) is 19.9 Å². The molecule has 0 spiro atoms. The Bertz CT molecular complexity index is 611. The van der Waals surface area contributed by atoms with Crippen molar-refractivity contribution in [3.63, 3.8) is 0 Å². The van der Waals surface area contributed by atoms with Gasteiger partial charge in [0.05, 0.1) is 12.7 Å². The number of hydrogen-bond donors (Lipinski definition) is 0. The SMILES string of the molecule is COC(=O)C(=O)c1cn(C(C)C)c2ccccc12. The van der Waals surface area contributed by atoms with Gasteiger partial charge in [0.2, 0.25) is 0 Å². The number of Topliss-reactive ketones (excluding diaryl/α,β-unsaturated/α-hetero) is 1. The number of benzene rings is 1. The van der Waals surface area contributed by atoms with Crippen molar-refractivity contribution in [2.75, 3.05) is 7.11 Å². The van der Waals surface area contributed by atoms with Crippen LogP contribution in [0.1, 0.15) is 30.2 Å². The molecule has 0 aliphatic heterocycles. The molecule has 1 aromatic heterocycles. The van der Waals surface area contributed by atoms with Gasteiger partial charge in [-0.05, 0) is 19.9 Å². The topological polar surface area (TPSA) is 48.3 Å². The fraction of sp³-hybridized carbons (Fsp3) is 0.286. The third-order valence-electron chi connectivity index (χ3n) is 2.91. The minimum Gasteiger partial charge on any atom is -0.463 e. The van der Waals surface area contributed by atoms with Crippen LogP contribution in [0.15, 0.2) is 30.5 Å². The van der Waals surface area contributed by atoms with E-state index in [9.17, 15) is 9.59 Å². The standard InChI is InChI=1S/C14H15NO3/c1-9(2)15-8-11(13(16)14(17)18-3)10-6-4-5-7-12(10)15/h4-9H,1-3H3. The first-order chi connectivity index (χ1) is 8.56. The Morgan fingerprint density at radius 1 is 1.22 bits per heavy atom. The Balaban J connectivity index is 2.65. The Morgan fingerprint density at radius 3 is 2.50 bits per heavy atom. The van der Waals surface area contributed by atoms with Crippen LogP contribution in [0.4, 0.5) is 0 Å². The summed E-state index contributed by atoms with van der Waals surface area (Å²) in [7, 11) is 1.21. The summed E-state index contributed by atoms with van der Waals surface area (Å²) in [5.41, 5.74) is 1.34. The van der Waals surface area contributed by atoms with Gasteiger partial charge in [-0.3, -0.25) is 4.79 Å².